The lowest BCUT2D eigenvalue weighted by atomic mass is 9.94. The SMILES string of the molecule is CCC(C#N)S(=O)(=O)NC(C)(CO)c1ccccc1. The average molecular weight is 282 g/mol. The van der Waals surface area contributed by atoms with Crippen LogP contribution in [0.5, 0.6) is 0 Å². The fourth-order valence-electron chi connectivity index (χ4n) is 1.75. The summed E-state index contributed by atoms with van der Waals surface area (Å²) in [7, 11) is -3.81. The van der Waals surface area contributed by atoms with Gasteiger partial charge < -0.3 is 5.11 Å². The third-order valence-corrected chi connectivity index (χ3v) is 4.91. The van der Waals surface area contributed by atoms with E-state index in [4.69, 9.17) is 5.26 Å². The van der Waals surface area contributed by atoms with Crippen LogP contribution in [0.25, 0.3) is 0 Å². The van der Waals surface area contributed by atoms with Crippen LogP contribution in [-0.2, 0) is 15.6 Å². The highest BCUT2D eigenvalue weighted by atomic mass is 32.2. The zero-order valence-electron chi connectivity index (χ0n) is 11.0. The molecule has 2 atom stereocenters. The molecule has 0 aliphatic heterocycles. The molecule has 2 unspecified atom stereocenters. The minimum absolute atomic E-state index is 0.197. The van der Waals surface area contributed by atoms with Crippen LogP contribution in [0.4, 0.5) is 0 Å². The van der Waals surface area contributed by atoms with Crippen molar-refractivity contribution in [1.82, 2.24) is 4.72 Å². The van der Waals surface area contributed by atoms with Gasteiger partial charge >= 0.3 is 0 Å². The van der Waals surface area contributed by atoms with E-state index in [1.807, 2.05) is 0 Å². The summed E-state index contributed by atoms with van der Waals surface area (Å²) in [5.74, 6) is 0. The number of hydrogen-bond acceptors (Lipinski definition) is 4. The number of rotatable bonds is 6. The summed E-state index contributed by atoms with van der Waals surface area (Å²) in [6, 6.07) is 10.5. The normalized spacial score (nSPS) is 16.3. The summed E-state index contributed by atoms with van der Waals surface area (Å²) in [6.07, 6.45) is 0.197. The Balaban J connectivity index is 3.10. The van der Waals surface area contributed by atoms with Crippen molar-refractivity contribution in [1.29, 1.82) is 5.26 Å². The van der Waals surface area contributed by atoms with Gasteiger partial charge in [-0.2, -0.15) is 5.26 Å². The summed E-state index contributed by atoms with van der Waals surface area (Å²) in [5, 5.41) is 17.3. The molecule has 6 heteroatoms. The summed E-state index contributed by atoms with van der Waals surface area (Å²) in [4.78, 5) is 0. The first-order chi connectivity index (χ1) is 8.89. The lowest BCUT2D eigenvalue weighted by Gasteiger charge is -2.29. The van der Waals surface area contributed by atoms with E-state index in [-0.39, 0.29) is 6.42 Å². The lowest BCUT2D eigenvalue weighted by molar-refractivity contribution is 0.196. The Hall–Kier alpha value is -1.42. The molecular weight excluding hydrogens is 264 g/mol. The van der Waals surface area contributed by atoms with Gasteiger partial charge in [-0.25, -0.2) is 13.1 Å². The minimum Gasteiger partial charge on any atom is -0.394 e. The van der Waals surface area contributed by atoms with Crippen LogP contribution in [0, 0.1) is 11.3 Å². The predicted octanol–water partition coefficient (Wildman–Crippen LogP) is 1.12. The third-order valence-electron chi connectivity index (χ3n) is 2.98. The van der Waals surface area contributed by atoms with Gasteiger partial charge in [0, 0.05) is 0 Å². The van der Waals surface area contributed by atoms with E-state index < -0.39 is 27.4 Å². The summed E-state index contributed by atoms with van der Waals surface area (Å²) in [5.41, 5.74) is -0.487. The summed E-state index contributed by atoms with van der Waals surface area (Å²) < 4.78 is 26.6. The molecule has 0 aromatic heterocycles. The Bertz CT molecular complexity index is 551. The van der Waals surface area contributed by atoms with Gasteiger partial charge in [-0.15, -0.1) is 0 Å². The van der Waals surface area contributed by atoms with Crippen LogP contribution in [0.2, 0.25) is 0 Å². The van der Waals surface area contributed by atoms with Crippen LogP contribution in [0.1, 0.15) is 25.8 Å². The van der Waals surface area contributed by atoms with Crippen LogP contribution in [0.3, 0.4) is 0 Å². The number of nitrogens with one attached hydrogen (secondary N) is 1. The second-order valence-electron chi connectivity index (χ2n) is 4.53. The zero-order chi connectivity index (χ0) is 14.5. The molecule has 0 aliphatic carbocycles. The molecule has 0 fully saturated rings. The van der Waals surface area contributed by atoms with Crippen molar-refractivity contribution in [2.24, 2.45) is 0 Å². The predicted molar refractivity (Wildman–Crippen MR) is 72.6 cm³/mol. The Labute approximate surface area is 113 Å². The van der Waals surface area contributed by atoms with Crippen molar-refractivity contribution < 1.29 is 13.5 Å². The molecule has 0 spiro atoms. The van der Waals surface area contributed by atoms with Crippen molar-refractivity contribution in [2.45, 2.75) is 31.1 Å². The monoisotopic (exact) mass is 282 g/mol. The molecule has 0 saturated heterocycles. The highest BCUT2D eigenvalue weighted by Crippen LogP contribution is 2.22. The fourth-order valence-corrected chi connectivity index (χ4v) is 3.28. The topological polar surface area (TPSA) is 90.2 Å². The Morgan fingerprint density at radius 2 is 2.00 bits per heavy atom. The van der Waals surface area contributed by atoms with Gasteiger partial charge in [0.1, 0.15) is 0 Å². The molecule has 19 heavy (non-hydrogen) atoms. The van der Waals surface area contributed by atoms with E-state index in [1.165, 1.54) is 0 Å². The molecule has 0 bridgehead atoms. The van der Waals surface area contributed by atoms with Crippen molar-refractivity contribution in [3.63, 3.8) is 0 Å². The van der Waals surface area contributed by atoms with Crippen molar-refractivity contribution in [2.75, 3.05) is 6.61 Å². The van der Waals surface area contributed by atoms with Gasteiger partial charge in [-0.3, -0.25) is 0 Å². The van der Waals surface area contributed by atoms with E-state index in [9.17, 15) is 13.5 Å². The van der Waals surface area contributed by atoms with Gasteiger partial charge in [0.25, 0.3) is 0 Å². The van der Waals surface area contributed by atoms with Gasteiger partial charge in [-0.1, -0.05) is 37.3 Å². The van der Waals surface area contributed by atoms with Gasteiger partial charge in [0.05, 0.1) is 18.2 Å². The van der Waals surface area contributed by atoms with E-state index in [2.05, 4.69) is 4.72 Å². The maximum absolute atomic E-state index is 12.1. The highest BCUT2D eigenvalue weighted by Gasteiger charge is 2.34. The molecule has 1 aromatic rings. The first kappa shape index (κ1) is 15.6. The Morgan fingerprint density at radius 1 is 1.42 bits per heavy atom. The van der Waals surface area contributed by atoms with E-state index in [0.717, 1.165) is 0 Å². The number of nitriles is 1. The number of aliphatic hydroxyl groups is 1. The Kier molecular flexibility index (Phi) is 5.06. The Morgan fingerprint density at radius 3 is 2.42 bits per heavy atom. The average Bonchev–Trinajstić information content (AvgIpc) is 2.40. The largest absolute Gasteiger partial charge is 0.394 e. The van der Waals surface area contributed by atoms with Gasteiger partial charge in [0.2, 0.25) is 10.0 Å². The van der Waals surface area contributed by atoms with E-state index >= 15 is 0 Å². The molecule has 1 rings (SSSR count). The highest BCUT2D eigenvalue weighted by molar-refractivity contribution is 7.90. The van der Waals surface area contributed by atoms with Crippen molar-refractivity contribution in [3.8, 4) is 6.07 Å². The first-order valence-electron chi connectivity index (χ1n) is 5.98. The van der Waals surface area contributed by atoms with Gasteiger partial charge in [-0.05, 0) is 18.9 Å². The molecule has 0 aliphatic rings. The minimum atomic E-state index is -3.81. The number of aliphatic hydroxyl groups excluding tert-OH is 1. The van der Waals surface area contributed by atoms with E-state index in [0.29, 0.717) is 5.56 Å². The summed E-state index contributed by atoms with van der Waals surface area (Å²) in [6.45, 7) is 2.83. The number of benzene rings is 1. The van der Waals surface area contributed by atoms with Crippen LogP contribution in [0.15, 0.2) is 30.3 Å². The van der Waals surface area contributed by atoms with E-state index in [1.54, 1.807) is 50.2 Å². The zero-order valence-corrected chi connectivity index (χ0v) is 11.8. The maximum atomic E-state index is 12.1. The molecule has 0 heterocycles. The second kappa shape index (κ2) is 6.15. The third kappa shape index (κ3) is 3.53. The molecule has 2 N–H and O–H groups in total. The first-order valence-corrected chi connectivity index (χ1v) is 7.53. The maximum Gasteiger partial charge on any atom is 0.228 e. The van der Waals surface area contributed by atoms with Crippen LogP contribution in [-0.4, -0.2) is 25.4 Å². The molecule has 1 aromatic carbocycles. The molecular formula is C13H18N2O3S. The number of sulfonamides is 1. The number of nitrogens with zero attached hydrogens (tertiary/aromatic N) is 1. The van der Waals surface area contributed by atoms with Crippen molar-refractivity contribution >= 4 is 10.0 Å². The van der Waals surface area contributed by atoms with Crippen LogP contribution < -0.4 is 4.72 Å². The van der Waals surface area contributed by atoms with Crippen LogP contribution >= 0.6 is 0 Å². The second-order valence-corrected chi connectivity index (χ2v) is 6.39. The van der Waals surface area contributed by atoms with Crippen molar-refractivity contribution in [3.05, 3.63) is 35.9 Å². The summed E-state index contributed by atoms with van der Waals surface area (Å²) >= 11 is 0. The molecule has 104 valence electrons. The molecule has 5 nitrogen and oxygen atoms in total. The fraction of sp³-hybridized carbons (Fsp3) is 0.462. The standard InChI is InChI=1S/C13H18N2O3S/c1-3-12(9-14)19(17,18)15-13(2,10-16)11-7-5-4-6-8-11/h4-8,12,15-16H,3,10H2,1-2H3. The quantitative estimate of drug-likeness (QED) is 0.818. The smallest absolute Gasteiger partial charge is 0.228 e. The number of hydrogen-bond donors (Lipinski definition) is 2. The molecule has 0 saturated carbocycles. The van der Waals surface area contributed by atoms with Gasteiger partial charge in [0.15, 0.2) is 5.25 Å². The molecule has 0 amide bonds. The molecule has 0 radical (unpaired) electrons. The lowest BCUT2D eigenvalue weighted by Crippen LogP contribution is -2.49.